The standard InChI is InChI=1S/C18H20ClFN4O/c1-13-2-3-14(10-16(13)19)22-18(25)12-23-6-8-24(9-7-23)15-4-5-21-17(20)11-15/h2-5,10-11H,6-9,12H2,1H3,(H,22,25). The van der Waals surface area contributed by atoms with Crippen LogP contribution in [0.1, 0.15) is 5.56 Å². The Morgan fingerprint density at radius 2 is 2.00 bits per heavy atom. The Bertz CT molecular complexity index is 762. The highest BCUT2D eigenvalue weighted by molar-refractivity contribution is 6.31. The number of piperazine rings is 1. The summed E-state index contributed by atoms with van der Waals surface area (Å²) in [5.74, 6) is -0.542. The van der Waals surface area contributed by atoms with Crippen LogP contribution >= 0.6 is 11.6 Å². The first-order valence-electron chi connectivity index (χ1n) is 8.16. The number of rotatable bonds is 4. The summed E-state index contributed by atoms with van der Waals surface area (Å²) in [7, 11) is 0. The number of hydrogen-bond acceptors (Lipinski definition) is 4. The zero-order valence-corrected chi connectivity index (χ0v) is 14.8. The Kier molecular flexibility index (Phi) is 5.50. The van der Waals surface area contributed by atoms with Crippen molar-refractivity contribution in [2.24, 2.45) is 0 Å². The summed E-state index contributed by atoms with van der Waals surface area (Å²) < 4.78 is 13.2. The van der Waals surface area contributed by atoms with Gasteiger partial charge < -0.3 is 10.2 Å². The molecule has 0 unspecified atom stereocenters. The summed E-state index contributed by atoms with van der Waals surface area (Å²) in [5, 5.41) is 3.51. The second-order valence-corrected chi connectivity index (χ2v) is 6.52. The summed E-state index contributed by atoms with van der Waals surface area (Å²) in [6.45, 7) is 5.21. The van der Waals surface area contributed by atoms with Crippen molar-refractivity contribution < 1.29 is 9.18 Å². The second-order valence-electron chi connectivity index (χ2n) is 6.11. The molecule has 25 heavy (non-hydrogen) atoms. The van der Waals surface area contributed by atoms with Crippen molar-refractivity contribution in [3.63, 3.8) is 0 Å². The Balaban J connectivity index is 1.50. The molecule has 1 aliphatic heterocycles. The van der Waals surface area contributed by atoms with Gasteiger partial charge in [-0.1, -0.05) is 17.7 Å². The first-order chi connectivity index (χ1) is 12.0. The third-order valence-corrected chi connectivity index (χ3v) is 4.68. The van der Waals surface area contributed by atoms with Gasteiger partial charge in [-0.15, -0.1) is 0 Å². The molecule has 1 amide bonds. The molecule has 0 saturated carbocycles. The van der Waals surface area contributed by atoms with Gasteiger partial charge in [-0.3, -0.25) is 9.69 Å². The van der Waals surface area contributed by atoms with Crippen molar-refractivity contribution in [3.8, 4) is 0 Å². The van der Waals surface area contributed by atoms with Crippen LogP contribution in [0.4, 0.5) is 15.8 Å². The molecule has 0 atom stereocenters. The van der Waals surface area contributed by atoms with Crippen LogP contribution < -0.4 is 10.2 Å². The lowest BCUT2D eigenvalue weighted by molar-refractivity contribution is -0.117. The molecule has 1 fully saturated rings. The Hall–Kier alpha value is -2.18. The first kappa shape index (κ1) is 17.6. The Morgan fingerprint density at radius 3 is 2.68 bits per heavy atom. The van der Waals surface area contributed by atoms with Crippen LogP contribution in [0, 0.1) is 12.9 Å². The SMILES string of the molecule is Cc1ccc(NC(=O)CN2CCN(c3ccnc(F)c3)CC2)cc1Cl. The highest BCUT2D eigenvalue weighted by Gasteiger charge is 2.19. The van der Waals surface area contributed by atoms with Gasteiger partial charge in [0.15, 0.2) is 0 Å². The lowest BCUT2D eigenvalue weighted by Crippen LogP contribution is -2.48. The minimum atomic E-state index is -0.476. The number of aromatic nitrogens is 1. The largest absolute Gasteiger partial charge is 0.369 e. The van der Waals surface area contributed by atoms with Crippen LogP contribution in [0.5, 0.6) is 0 Å². The second kappa shape index (κ2) is 7.80. The number of carbonyl (C=O) groups excluding carboxylic acids is 1. The number of amides is 1. The van der Waals surface area contributed by atoms with E-state index in [2.05, 4.69) is 20.1 Å². The van der Waals surface area contributed by atoms with Crippen LogP contribution in [-0.2, 0) is 4.79 Å². The van der Waals surface area contributed by atoms with Crippen LogP contribution in [-0.4, -0.2) is 48.5 Å². The van der Waals surface area contributed by atoms with Gasteiger partial charge in [-0.05, 0) is 30.7 Å². The number of carbonyl (C=O) groups is 1. The van der Waals surface area contributed by atoms with E-state index in [9.17, 15) is 9.18 Å². The van der Waals surface area contributed by atoms with E-state index in [1.807, 2.05) is 19.1 Å². The van der Waals surface area contributed by atoms with Gasteiger partial charge in [0.25, 0.3) is 0 Å². The quantitative estimate of drug-likeness (QED) is 0.849. The Labute approximate surface area is 151 Å². The highest BCUT2D eigenvalue weighted by atomic mass is 35.5. The number of aryl methyl sites for hydroxylation is 1. The first-order valence-corrected chi connectivity index (χ1v) is 8.54. The van der Waals surface area contributed by atoms with Crippen LogP contribution in [0.2, 0.25) is 5.02 Å². The monoisotopic (exact) mass is 362 g/mol. The fourth-order valence-corrected chi connectivity index (χ4v) is 3.01. The Morgan fingerprint density at radius 1 is 1.24 bits per heavy atom. The molecule has 132 valence electrons. The molecule has 3 rings (SSSR count). The number of pyridine rings is 1. The van der Waals surface area contributed by atoms with Gasteiger partial charge in [0.05, 0.1) is 6.54 Å². The van der Waals surface area contributed by atoms with Crippen molar-refractivity contribution in [2.45, 2.75) is 6.92 Å². The molecule has 1 aromatic carbocycles. The zero-order valence-electron chi connectivity index (χ0n) is 14.0. The van der Waals surface area contributed by atoms with Crippen molar-refractivity contribution in [3.05, 3.63) is 53.1 Å². The van der Waals surface area contributed by atoms with E-state index in [1.165, 1.54) is 12.3 Å². The lowest BCUT2D eigenvalue weighted by atomic mass is 10.2. The molecule has 2 heterocycles. The number of nitrogens with one attached hydrogen (secondary N) is 1. The number of benzene rings is 1. The summed E-state index contributed by atoms with van der Waals surface area (Å²) in [6.07, 6.45) is 1.47. The minimum absolute atomic E-state index is 0.0664. The normalized spacial score (nSPS) is 15.2. The van der Waals surface area contributed by atoms with Crippen molar-refractivity contribution >= 4 is 28.9 Å². The molecule has 0 spiro atoms. The summed E-state index contributed by atoms with van der Waals surface area (Å²) >= 11 is 6.08. The average Bonchev–Trinajstić information content (AvgIpc) is 2.59. The molecular weight excluding hydrogens is 343 g/mol. The van der Waals surface area contributed by atoms with E-state index in [4.69, 9.17) is 11.6 Å². The van der Waals surface area contributed by atoms with Crippen molar-refractivity contribution in [1.29, 1.82) is 0 Å². The maximum atomic E-state index is 13.2. The maximum Gasteiger partial charge on any atom is 0.238 e. The average molecular weight is 363 g/mol. The molecule has 2 aromatic rings. The van der Waals surface area contributed by atoms with Crippen molar-refractivity contribution in [2.75, 3.05) is 42.9 Å². The molecule has 7 heteroatoms. The van der Waals surface area contributed by atoms with E-state index in [0.29, 0.717) is 17.3 Å². The molecule has 1 N–H and O–H groups in total. The van der Waals surface area contributed by atoms with E-state index >= 15 is 0 Å². The van der Waals surface area contributed by atoms with Gasteiger partial charge in [0.2, 0.25) is 11.9 Å². The van der Waals surface area contributed by atoms with E-state index in [-0.39, 0.29) is 5.91 Å². The number of halogens is 2. The van der Waals surface area contributed by atoms with Crippen LogP contribution in [0.25, 0.3) is 0 Å². The lowest BCUT2D eigenvalue weighted by Gasteiger charge is -2.35. The molecule has 1 aromatic heterocycles. The molecule has 0 radical (unpaired) electrons. The van der Waals surface area contributed by atoms with Gasteiger partial charge in [-0.2, -0.15) is 4.39 Å². The zero-order chi connectivity index (χ0) is 17.8. The third-order valence-electron chi connectivity index (χ3n) is 4.27. The topological polar surface area (TPSA) is 48.5 Å². The van der Waals surface area contributed by atoms with Crippen molar-refractivity contribution in [1.82, 2.24) is 9.88 Å². The predicted octanol–water partition coefficient (Wildman–Crippen LogP) is 2.94. The summed E-state index contributed by atoms with van der Waals surface area (Å²) in [5.41, 5.74) is 2.50. The molecule has 5 nitrogen and oxygen atoms in total. The maximum absolute atomic E-state index is 13.2. The molecule has 1 aliphatic rings. The van der Waals surface area contributed by atoms with Crippen LogP contribution in [0.3, 0.4) is 0 Å². The van der Waals surface area contributed by atoms with Gasteiger partial charge in [0.1, 0.15) is 0 Å². The smallest absolute Gasteiger partial charge is 0.238 e. The van der Waals surface area contributed by atoms with Gasteiger partial charge in [-0.25, -0.2) is 4.98 Å². The minimum Gasteiger partial charge on any atom is -0.369 e. The fourth-order valence-electron chi connectivity index (χ4n) is 2.83. The molecule has 0 aliphatic carbocycles. The van der Waals surface area contributed by atoms with Gasteiger partial charge in [0, 0.05) is 54.8 Å². The molecular formula is C18H20ClFN4O. The molecule has 1 saturated heterocycles. The number of hydrogen-bond donors (Lipinski definition) is 1. The third kappa shape index (κ3) is 4.67. The fraction of sp³-hybridized carbons (Fsp3) is 0.333. The van der Waals surface area contributed by atoms with E-state index in [1.54, 1.807) is 12.1 Å². The van der Waals surface area contributed by atoms with Crippen LogP contribution in [0.15, 0.2) is 36.5 Å². The van der Waals surface area contributed by atoms with E-state index in [0.717, 1.165) is 37.4 Å². The number of anilines is 2. The van der Waals surface area contributed by atoms with E-state index < -0.39 is 5.95 Å². The number of nitrogens with zero attached hydrogens (tertiary/aromatic N) is 3. The highest BCUT2D eigenvalue weighted by Crippen LogP contribution is 2.20. The van der Waals surface area contributed by atoms with Gasteiger partial charge >= 0.3 is 0 Å². The molecule has 0 bridgehead atoms. The summed E-state index contributed by atoms with van der Waals surface area (Å²) in [4.78, 5) is 20.0. The summed E-state index contributed by atoms with van der Waals surface area (Å²) in [6, 6.07) is 8.71. The predicted molar refractivity (Wildman–Crippen MR) is 97.7 cm³/mol.